The monoisotopic (exact) mass is 200 g/mol. The molecule has 3 nitrogen and oxygen atoms in total. The molecule has 1 amide bonds. The van der Waals surface area contributed by atoms with Crippen molar-refractivity contribution in [2.24, 2.45) is 5.73 Å². The molecule has 0 heterocycles. The molecule has 1 atom stereocenters. The highest BCUT2D eigenvalue weighted by Crippen LogP contribution is 2.08. The van der Waals surface area contributed by atoms with Crippen molar-refractivity contribution < 1.29 is 4.79 Å². The number of nitrogens with two attached hydrogens (primary N) is 1. The molecule has 14 heavy (non-hydrogen) atoms. The summed E-state index contributed by atoms with van der Waals surface area (Å²) in [4.78, 5) is 11.6. The summed E-state index contributed by atoms with van der Waals surface area (Å²) in [5.41, 5.74) is 5.62. The lowest BCUT2D eigenvalue weighted by atomic mass is 10.0. The van der Waals surface area contributed by atoms with Gasteiger partial charge in [0.25, 0.3) is 0 Å². The lowest BCUT2D eigenvalue weighted by molar-refractivity contribution is -0.124. The first-order valence-electron chi connectivity index (χ1n) is 5.50. The van der Waals surface area contributed by atoms with Crippen LogP contribution in [0, 0.1) is 0 Å². The topological polar surface area (TPSA) is 55.1 Å². The van der Waals surface area contributed by atoms with E-state index in [1.54, 1.807) is 0 Å². The summed E-state index contributed by atoms with van der Waals surface area (Å²) in [5.74, 6) is -0.0229. The van der Waals surface area contributed by atoms with Crippen molar-refractivity contribution >= 4 is 5.91 Å². The summed E-state index contributed by atoms with van der Waals surface area (Å²) in [6.45, 7) is 8.17. The summed E-state index contributed by atoms with van der Waals surface area (Å²) in [6, 6.07) is -0.347. The Hall–Kier alpha value is -0.570. The summed E-state index contributed by atoms with van der Waals surface area (Å²) in [5, 5.41) is 2.95. The first-order valence-corrected chi connectivity index (χ1v) is 5.50. The van der Waals surface area contributed by atoms with Crippen LogP contribution in [-0.2, 0) is 4.79 Å². The standard InChI is InChI=1S/C11H24N2O/c1-5-7-8-9(12)10(14)13-11(3,4)6-2/h9H,5-8,12H2,1-4H3,(H,13,14). The zero-order valence-electron chi connectivity index (χ0n) is 9.89. The Morgan fingerprint density at radius 2 is 2.00 bits per heavy atom. The van der Waals surface area contributed by atoms with Crippen LogP contribution in [0.15, 0.2) is 0 Å². The minimum atomic E-state index is -0.347. The Bertz CT molecular complexity index is 178. The van der Waals surface area contributed by atoms with Crippen LogP contribution in [0.25, 0.3) is 0 Å². The third kappa shape index (κ3) is 5.22. The van der Waals surface area contributed by atoms with E-state index in [1.807, 2.05) is 13.8 Å². The van der Waals surface area contributed by atoms with Crippen molar-refractivity contribution in [2.75, 3.05) is 0 Å². The minimum absolute atomic E-state index is 0.0229. The quantitative estimate of drug-likeness (QED) is 0.687. The first kappa shape index (κ1) is 13.4. The Kier molecular flexibility index (Phi) is 5.77. The summed E-state index contributed by atoms with van der Waals surface area (Å²) < 4.78 is 0. The number of carbonyl (C=O) groups excluding carboxylic acids is 1. The van der Waals surface area contributed by atoms with E-state index in [0.717, 1.165) is 25.7 Å². The maximum absolute atomic E-state index is 11.6. The molecule has 0 radical (unpaired) electrons. The van der Waals surface area contributed by atoms with Crippen LogP contribution in [0.4, 0.5) is 0 Å². The van der Waals surface area contributed by atoms with Gasteiger partial charge in [-0.3, -0.25) is 4.79 Å². The molecule has 0 aromatic carbocycles. The Balaban J connectivity index is 3.95. The number of hydrogen-bond donors (Lipinski definition) is 2. The van der Waals surface area contributed by atoms with Gasteiger partial charge in [0.15, 0.2) is 0 Å². The molecule has 0 bridgehead atoms. The number of carbonyl (C=O) groups is 1. The van der Waals surface area contributed by atoms with Crippen molar-refractivity contribution in [3.05, 3.63) is 0 Å². The lowest BCUT2D eigenvalue weighted by Gasteiger charge is -2.26. The molecule has 1 unspecified atom stereocenters. The highest BCUT2D eigenvalue weighted by molar-refractivity contribution is 5.82. The fraction of sp³-hybridized carbons (Fsp3) is 0.909. The highest BCUT2D eigenvalue weighted by Gasteiger charge is 2.21. The van der Waals surface area contributed by atoms with E-state index in [9.17, 15) is 4.79 Å². The van der Waals surface area contributed by atoms with Crippen LogP contribution in [-0.4, -0.2) is 17.5 Å². The predicted octanol–water partition coefficient (Wildman–Crippen LogP) is 1.81. The van der Waals surface area contributed by atoms with Gasteiger partial charge in [0.2, 0.25) is 5.91 Å². The lowest BCUT2D eigenvalue weighted by Crippen LogP contribution is -2.50. The van der Waals surface area contributed by atoms with Crippen LogP contribution in [0.5, 0.6) is 0 Å². The predicted molar refractivity (Wildman–Crippen MR) is 60.0 cm³/mol. The van der Waals surface area contributed by atoms with E-state index >= 15 is 0 Å². The smallest absolute Gasteiger partial charge is 0.237 e. The minimum Gasteiger partial charge on any atom is -0.350 e. The molecule has 0 spiro atoms. The molecule has 3 heteroatoms. The van der Waals surface area contributed by atoms with Gasteiger partial charge in [0.1, 0.15) is 0 Å². The van der Waals surface area contributed by atoms with Crippen molar-refractivity contribution in [3.8, 4) is 0 Å². The van der Waals surface area contributed by atoms with Gasteiger partial charge in [-0.2, -0.15) is 0 Å². The third-order valence-corrected chi connectivity index (χ3v) is 2.55. The van der Waals surface area contributed by atoms with Crippen LogP contribution in [0.3, 0.4) is 0 Å². The SMILES string of the molecule is CCCCC(N)C(=O)NC(C)(C)CC. The van der Waals surface area contributed by atoms with Crippen LogP contribution < -0.4 is 11.1 Å². The van der Waals surface area contributed by atoms with Gasteiger partial charge in [-0.15, -0.1) is 0 Å². The maximum Gasteiger partial charge on any atom is 0.237 e. The van der Waals surface area contributed by atoms with Gasteiger partial charge in [-0.05, 0) is 26.7 Å². The summed E-state index contributed by atoms with van der Waals surface area (Å²) >= 11 is 0. The molecule has 84 valence electrons. The number of amides is 1. The first-order chi connectivity index (χ1) is 6.43. The van der Waals surface area contributed by atoms with Crippen molar-refractivity contribution in [1.29, 1.82) is 0 Å². The molecule has 0 rings (SSSR count). The van der Waals surface area contributed by atoms with Gasteiger partial charge in [-0.1, -0.05) is 26.7 Å². The zero-order chi connectivity index (χ0) is 11.2. The van der Waals surface area contributed by atoms with E-state index in [0.29, 0.717) is 0 Å². The number of hydrogen-bond acceptors (Lipinski definition) is 2. The average molecular weight is 200 g/mol. The summed E-state index contributed by atoms with van der Waals surface area (Å²) in [7, 11) is 0. The number of nitrogens with one attached hydrogen (secondary N) is 1. The Labute approximate surface area is 87.4 Å². The highest BCUT2D eigenvalue weighted by atomic mass is 16.2. The van der Waals surface area contributed by atoms with Crippen LogP contribution in [0.1, 0.15) is 53.4 Å². The van der Waals surface area contributed by atoms with Gasteiger partial charge in [0.05, 0.1) is 6.04 Å². The molecule has 0 aliphatic heterocycles. The molecule has 0 aliphatic rings. The van der Waals surface area contributed by atoms with Gasteiger partial charge in [0, 0.05) is 5.54 Å². The van der Waals surface area contributed by atoms with Gasteiger partial charge >= 0.3 is 0 Å². The van der Waals surface area contributed by atoms with E-state index in [-0.39, 0.29) is 17.5 Å². The molecule has 0 saturated heterocycles. The Morgan fingerprint density at radius 1 is 1.43 bits per heavy atom. The largest absolute Gasteiger partial charge is 0.350 e. The van der Waals surface area contributed by atoms with Crippen LogP contribution >= 0.6 is 0 Å². The van der Waals surface area contributed by atoms with Crippen molar-refractivity contribution in [1.82, 2.24) is 5.32 Å². The second kappa shape index (κ2) is 6.02. The fourth-order valence-corrected chi connectivity index (χ4v) is 1.07. The summed E-state index contributed by atoms with van der Waals surface area (Å²) in [6.07, 6.45) is 3.79. The van der Waals surface area contributed by atoms with E-state index in [1.165, 1.54) is 0 Å². The molecule has 3 N–H and O–H groups in total. The normalized spacial score (nSPS) is 13.8. The molecule has 0 aromatic heterocycles. The van der Waals surface area contributed by atoms with E-state index < -0.39 is 0 Å². The number of unbranched alkanes of at least 4 members (excludes halogenated alkanes) is 1. The van der Waals surface area contributed by atoms with Gasteiger partial charge < -0.3 is 11.1 Å². The molecule has 0 aromatic rings. The molecule has 0 saturated carbocycles. The second-order valence-electron chi connectivity index (χ2n) is 4.48. The fourth-order valence-electron chi connectivity index (χ4n) is 1.07. The molecule has 0 aliphatic carbocycles. The Morgan fingerprint density at radius 3 is 2.43 bits per heavy atom. The second-order valence-corrected chi connectivity index (χ2v) is 4.48. The van der Waals surface area contributed by atoms with Crippen LogP contribution in [0.2, 0.25) is 0 Å². The molecular weight excluding hydrogens is 176 g/mol. The van der Waals surface area contributed by atoms with Gasteiger partial charge in [-0.25, -0.2) is 0 Å². The maximum atomic E-state index is 11.6. The third-order valence-electron chi connectivity index (χ3n) is 2.55. The molecule has 0 fully saturated rings. The molecular formula is C11H24N2O. The zero-order valence-corrected chi connectivity index (χ0v) is 9.89. The average Bonchev–Trinajstić information content (AvgIpc) is 2.13. The number of rotatable bonds is 6. The van der Waals surface area contributed by atoms with Crippen molar-refractivity contribution in [2.45, 2.75) is 65.0 Å². The van der Waals surface area contributed by atoms with E-state index in [2.05, 4.69) is 19.2 Å². The van der Waals surface area contributed by atoms with E-state index in [4.69, 9.17) is 5.73 Å². The van der Waals surface area contributed by atoms with Crippen molar-refractivity contribution in [3.63, 3.8) is 0 Å².